The second kappa shape index (κ2) is 4.02. The molecule has 0 aliphatic carbocycles. The van der Waals surface area contributed by atoms with Crippen LogP contribution in [0.4, 0.5) is 4.39 Å². The molecule has 0 saturated heterocycles. The van der Waals surface area contributed by atoms with Crippen molar-refractivity contribution in [3.05, 3.63) is 40.7 Å². The van der Waals surface area contributed by atoms with Gasteiger partial charge in [-0.25, -0.2) is 14.2 Å². The third-order valence-electron chi connectivity index (χ3n) is 2.07. The van der Waals surface area contributed by atoms with Gasteiger partial charge in [0.1, 0.15) is 10.8 Å². The minimum Gasteiger partial charge on any atom is -0.478 e. The molecule has 2 aromatic rings. The first-order valence-electron chi connectivity index (χ1n) is 4.53. The van der Waals surface area contributed by atoms with Gasteiger partial charge in [-0.15, -0.1) is 11.3 Å². The Labute approximate surface area is 95.2 Å². The van der Waals surface area contributed by atoms with Crippen molar-refractivity contribution in [3.63, 3.8) is 0 Å². The SMILES string of the molecule is Cc1csc(-c2ccc(C(=O)O)c(F)c2)n1. The predicted molar refractivity (Wildman–Crippen MR) is 59.2 cm³/mol. The average molecular weight is 237 g/mol. The van der Waals surface area contributed by atoms with E-state index in [1.165, 1.54) is 23.5 Å². The molecule has 1 N–H and O–H groups in total. The Morgan fingerprint density at radius 3 is 2.75 bits per heavy atom. The first kappa shape index (κ1) is 10.8. The summed E-state index contributed by atoms with van der Waals surface area (Å²) in [5.41, 5.74) is 1.14. The van der Waals surface area contributed by atoms with Crippen molar-refractivity contribution in [2.45, 2.75) is 6.92 Å². The lowest BCUT2D eigenvalue weighted by Crippen LogP contribution is -2.00. The highest BCUT2D eigenvalue weighted by Gasteiger charge is 2.12. The third kappa shape index (κ3) is 1.94. The van der Waals surface area contributed by atoms with Crippen molar-refractivity contribution in [2.24, 2.45) is 0 Å². The number of aryl methyl sites for hydroxylation is 1. The molecular formula is C11H8FNO2S. The standard InChI is InChI=1S/C11H8FNO2S/c1-6-5-16-10(13-6)7-2-3-8(11(14)15)9(12)4-7/h2-5H,1H3,(H,14,15). The van der Waals surface area contributed by atoms with Gasteiger partial charge in [0.25, 0.3) is 0 Å². The summed E-state index contributed by atoms with van der Waals surface area (Å²) in [6, 6.07) is 4.01. The van der Waals surface area contributed by atoms with Crippen LogP contribution < -0.4 is 0 Å². The summed E-state index contributed by atoms with van der Waals surface area (Å²) in [6.45, 7) is 1.85. The van der Waals surface area contributed by atoms with Crippen molar-refractivity contribution in [1.82, 2.24) is 4.98 Å². The molecule has 82 valence electrons. The summed E-state index contributed by atoms with van der Waals surface area (Å²) in [5.74, 6) is -2.00. The second-order valence-corrected chi connectivity index (χ2v) is 4.15. The van der Waals surface area contributed by atoms with Crippen LogP contribution in [0.5, 0.6) is 0 Å². The predicted octanol–water partition coefficient (Wildman–Crippen LogP) is 2.96. The molecule has 16 heavy (non-hydrogen) atoms. The van der Waals surface area contributed by atoms with Gasteiger partial charge in [0.2, 0.25) is 0 Å². The van der Waals surface area contributed by atoms with Gasteiger partial charge in [-0.1, -0.05) is 6.07 Å². The van der Waals surface area contributed by atoms with Gasteiger partial charge in [0.05, 0.1) is 5.56 Å². The van der Waals surface area contributed by atoms with Crippen LogP contribution in [-0.4, -0.2) is 16.1 Å². The highest BCUT2D eigenvalue weighted by molar-refractivity contribution is 7.13. The normalized spacial score (nSPS) is 10.4. The number of halogens is 1. The van der Waals surface area contributed by atoms with Gasteiger partial charge in [-0.3, -0.25) is 0 Å². The van der Waals surface area contributed by atoms with Crippen LogP contribution >= 0.6 is 11.3 Å². The van der Waals surface area contributed by atoms with Crippen molar-refractivity contribution in [2.75, 3.05) is 0 Å². The number of hydrogen-bond donors (Lipinski definition) is 1. The molecule has 0 aliphatic rings. The summed E-state index contributed by atoms with van der Waals surface area (Å²) in [5, 5.41) is 11.2. The first-order valence-corrected chi connectivity index (χ1v) is 5.41. The molecule has 0 saturated carbocycles. The Hall–Kier alpha value is -1.75. The van der Waals surface area contributed by atoms with Gasteiger partial charge in [-0.2, -0.15) is 0 Å². The van der Waals surface area contributed by atoms with Crippen molar-refractivity contribution in [3.8, 4) is 10.6 Å². The number of aromatic carboxylic acids is 1. The molecule has 0 atom stereocenters. The van der Waals surface area contributed by atoms with Crippen LogP contribution in [0, 0.1) is 12.7 Å². The topological polar surface area (TPSA) is 50.2 Å². The van der Waals surface area contributed by atoms with Gasteiger partial charge in [0, 0.05) is 16.6 Å². The number of aromatic nitrogens is 1. The first-order chi connectivity index (χ1) is 7.58. The second-order valence-electron chi connectivity index (χ2n) is 3.29. The van der Waals surface area contributed by atoms with Crippen molar-refractivity contribution in [1.29, 1.82) is 0 Å². The van der Waals surface area contributed by atoms with Crippen LogP contribution in [0.3, 0.4) is 0 Å². The van der Waals surface area contributed by atoms with E-state index in [1.807, 2.05) is 12.3 Å². The Balaban J connectivity index is 2.45. The number of carboxylic acid groups (broad SMARTS) is 1. The largest absolute Gasteiger partial charge is 0.478 e. The molecule has 0 unspecified atom stereocenters. The maximum atomic E-state index is 13.4. The highest BCUT2D eigenvalue weighted by atomic mass is 32.1. The van der Waals surface area contributed by atoms with Gasteiger partial charge in [-0.05, 0) is 19.1 Å². The van der Waals surface area contributed by atoms with E-state index < -0.39 is 11.8 Å². The Morgan fingerprint density at radius 2 is 2.25 bits per heavy atom. The van der Waals surface area contributed by atoms with E-state index in [0.29, 0.717) is 10.6 Å². The quantitative estimate of drug-likeness (QED) is 0.873. The van der Waals surface area contributed by atoms with Gasteiger partial charge < -0.3 is 5.11 Å². The summed E-state index contributed by atoms with van der Waals surface area (Å²) in [4.78, 5) is 14.8. The Kier molecular flexibility index (Phi) is 2.70. The molecule has 1 heterocycles. The summed E-state index contributed by atoms with van der Waals surface area (Å²) in [7, 11) is 0. The van der Waals surface area contributed by atoms with Crippen LogP contribution in [-0.2, 0) is 0 Å². The lowest BCUT2D eigenvalue weighted by Gasteiger charge is -2.00. The monoisotopic (exact) mass is 237 g/mol. The van der Waals surface area contributed by atoms with Crippen LogP contribution in [0.15, 0.2) is 23.6 Å². The van der Waals surface area contributed by atoms with Crippen LogP contribution in [0.2, 0.25) is 0 Å². The zero-order valence-electron chi connectivity index (χ0n) is 8.40. The van der Waals surface area contributed by atoms with Crippen LogP contribution in [0.25, 0.3) is 10.6 Å². The average Bonchev–Trinajstić information content (AvgIpc) is 2.64. The third-order valence-corrected chi connectivity index (χ3v) is 3.07. The zero-order chi connectivity index (χ0) is 11.7. The van der Waals surface area contributed by atoms with E-state index in [2.05, 4.69) is 4.98 Å². The fraction of sp³-hybridized carbons (Fsp3) is 0.0909. The van der Waals surface area contributed by atoms with E-state index in [1.54, 1.807) is 6.07 Å². The zero-order valence-corrected chi connectivity index (χ0v) is 9.21. The molecule has 0 fully saturated rings. The van der Waals surface area contributed by atoms with Crippen molar-refractivity contribution >= 4 is 17.3 Å². The fourth-order valence-corrected chi connectivity index (χ4v) is 2.10. The Morgan fingerprint density at radius 1 is 1.50 bits per heavy atom. The van der Waals surface area contributed by atoms with Gasteiger partial charge in [0.15, 0.2) is 0 Å². The molecule has 0 radical (unpaired) electrons. The molecule has 5 heteroatoms. The molecular weight excluding hydrogens is 229 g/mol. The molecule has 3 nitrogen and oxygen atoms in total. The number of carbonyl (C=O) groups is 1. The maximum Gasteiger partial charge on any atom is 0.338 e. The van der Waals surface area contributed by atoms with Gasteiger partial charge >= 0.3 is 5.97 Å². The van der Waals surface area contributed by atoms with Crippen molar-refractivity contribution < 1.29 is 14.3 Å². The van der Waals surface area contributed by atoms with E-state index >= 15 is 0 Å². The maximum absolute atomic E-state index is 13.4. The van der Waals surface area contributed by atoms with E-state index in [-0.39, 0.29) is 5.56 Å². The van der Waals surface area contributed by atoms with E-state index in [4.69, 9.17) is 5.11 Å². The lowest BCUT2D eigenvalue weighted by atomic mass is 10.1. The number of carboxylic acids is 1. The summed E-state index contributed by atoms with van der Waals surface area (Å²) in [6.07, 6.45) is 0. The smallest absolute Gasteiger partial charge is 0.338 e. The molecule has 0 spiro atoms. The minimum atomic E-state index is -1.26. The minimum absolute atomic E-state index is 0.322. The number of rotatable bonds is 2. The highest BCUT2D eigenvalue weighted by Crippen LogP contribution is 2.25. The molecule has 1 aromatic heterocycles. The number of benzene rings is 1. The molecule has 2 rings (SSSR count). The molecule has 0 aliphatic heterocycles. The number of nitrogens with zero attached hydrogens (tertiary/aromatic N) is 1. The lowest BCUT2D eigenvalue weighted by molar-refractivity contribution is 0.0692. The van der Waals surface area contributed by atoms with E-state index in [0.717, 1.165) is 5.69 Å². The van der Waals surface area contributed by atoms with E-state index in [9.17, 15) is 9.18 Å². The number of hydrogen-bond acceptors (Lipinski definition) is 3. The summed E-state index contributed by atoms with van der Waals surface area (Å²) < 4.78 is 13.4. The number of thiazole rings is 1. The Bertz CT molecular complexity index is 551. The summed E-state index contributed by atoms with van der Waals surface area (Å²) >= 11 is 1.40. The molecule has 0 bridgehead atoms. The molecule has 1 aromatic carbocycles. The molecule has 0 amide bonds. The fourth-order valence-electron chi connectivity index (χ4n) is 1.31. The van der Waals surface area contributed by atoms with Crippen LogP contribution in [0.1, 0.15) is 16.1 Å².